The first kappa shape index (κ1) is 18.9. The summed E-state index contributed by atoms with van der Waals surface area (Å²) >= 11 is 9.29. The Bertz CT molecular complexity index is 1120. The number of aromatic nitrogens is 1. The summed E-state index contributed by atoms with van der Waals surface area (Å²) in [6.07, 6.45) is 1.80. The molecule has 5 nitrogen and oxygen atoms in total. The van der Waals surface area contributed by atoms with Crippen molar-refractivity contribution in [1.29, 1.82) is 0 Å². The molecule has 1 saturated heterocycles. The number of anilines is 1. The molecule has 0 aliphatic carbocycles. The average molecular weight is 444 g/mol. The van der Waals surface area contributed by atoms with E-state index in [1.165, 1.54) is 11.8 Å². The summed E-state index contributed by atoms with van der Waals surface area (Å²) in [6, 6.07) is 11.4. The Kier molecular flexibility index (Phi) is 4.97. The van der Waals surface area contributed by atoms with E-state index in [1.54, 1.807) is 17.4 Å². The molecule has 148 valence electrons. The molecule has 0 saturated carbocycles. The van der Waals surface area contributed by atoms with Gasteiger partial charge in [-0.15, -0.1) is 23.1 Å². The zero-order chi connectivity index (χ0) is 20.0. The van der Waals surface area contributed by atoms with Gasteiger partial charge in [0.25, 0.3) is 5.91 Å². The third-order valence-corrected chi connectivity index (χ3v) is 7.86. The Morgan fingerprint density at radius 3 is 2.83 bits per heavy atom. The van der Waals surface area contributed by atoms with Crippen molar-refractivity contribution >= 4 is 62.4 Å². The first-order chi connectivity index (χ1) is 14.1. The minimum atomic E-state index is -0.0231. The number of nitrogens with one attached hydrogen (secondary N) is 1. The average Bonchev–Trinajstić information content (AvgIpc) is 3.16. The lowest BCUT2D eigenvalue weighted by atomic mass is 9.97. The second-order valence-electron chi connectivity index (χ2n) is 7.28. The van der Waals surface area contributed by atoms with Gasteiger partial charge in [0.15, 0.2) is 0 Å². The second-order valence-corrected chi connectivity index (χ2v) is 9.79. The monoisotopic (exact) mass is 443 g/mol. The molecular weight excluding hydrogens is 426 g/mol. The van der Waals surface area contributed by atoms with Gasteiger partial charge in [-0.25, -0.2) is 4.98 Å². The maximum absolute atomic E-state index is 13.0. The number of fused-ring (bicyclic) bond motifs is 2. The molecule has 3 heterocycles. The number of thiazole rings is 1. The lowest BCUT2D eigenvalue weighted by molar-refractivity contribution is -0.113. The van der Waals surface area contributed by atoms with Crippen LogP contribution in [0.4, 0.5) is 5.69 Å². The number of carbonyl (C=O) groups is 2. The summed E-state index contributed by atoms with van der Waals surface area (Å²) in [6.45, 7) is 1.41. The van der Waals surface area contributed by atoms with Gasteiger partial charge >= 0.3 is 0 Å². The van der Waals surface area contributed by atoms with Gasteiger partial charge in [-0.1, -0.05) is 11.6 Å². The van der Waals surface area contributed by atoms with E-state index in [0.29, 0.717) is 35.3 Å². The van der Waals surface area contributed by atoms with E-state index in [2.05, 4.69) is 5.32 Å². The van der Waals surface area contributed by atoms with Crippen LogP contribution in [0.25, 0.3) is 10.2 Å². The Morgan fingerprint density at radius 2 is 2.00 bits per heavy atom. The van der Waals surface area contributed by atoms with E-state index in [0.717, 1.165) is 38.6 Å². The molecule has 0 spiro atoms. The van der Waals surface area contributed by atoms with Crippen LogP contribution in [0.1, 0.15) is 34.1 Å². The number of rotatable bonds is 2. The molecule has 29 heavy (non-hydrogen) atoms. The molecular formula is C21H18ClN3O2S2. The van der Waals surface area contributed by atoms with Crippen molar-refractivity contribution in [3.05, 3.63) is 52.0 Å². The first-order valence-electron chi connectivity index (χ1n) is 9.49. The van der Waals surface area contributed by atoms with Crippen LogP contribution in [0.2, 0.25) is 5.02 Å². The summed E-state index contributed by atoms with van der Waals surface area (Å²) in [5.41, 5.74) is 2.31. The van der Waals surface area contributed by atoms with Crippen molar-refractivity contribution < 1.29 is 9.59 Å². The minimum absolute atomic E-state index is 0.0205. The fourth-order valence-electron chi connectivity index (χ4n) is 3.82. The Hall–Kier alpha value is -2.09. The number of thioether (sulfide) groups is 1. The van der Waals surface area contributed by atoms with Crippen molar-refractivity contribution in [1.82, 2.24) is 9.88 Å². The Labute approximate surface area is 181 Å². The lowest BCUT2D eigenvalue weighted by Crippen LogP contribution is -2.38. The zero-order valence-electron chi connectivity index (χ0n) is 15.5. The van der Waals surface area contributed by atoms with Crippen LogP contribution >= 0.6 is 34.7 Å². The van der Waals surface area contributed by atoms with E-state index in [9.17, 15) is 9.59 Å². The summed E-state index contributed by atoms with van der Waals surface area (Å²) in [4.78, 5) is 32.3. The number of halogens is 1. The molecule has 1 N–H and O–H groups in total. The number of hydrogen-bond donors (Lipinski definition) is 1. The van der Waals surface area contributed by atoms with Crippen LogP contribution in [0, 0.1) is 0 Å². The number of hydrogen-bond acceptors (Lipinski definition) is 5. The number of carbonyl (C=O) groups excluding carboxylic acids is 2. The topological polar surface area (TPSA) is 62.3 Å². The SMILES string of the molecule is O=C1CSc2ccc(C(=O)N3CCC(c4nc5cc(Cl)ccc5s4)CC3)cc2N1. The van der Waals surface area contributed by atoms with Gasteiger partial charge in [0, 0.05) is 34.5 Å². The number of nitrogens with zero attached hydrogens (tertiary/aromatic N) is 2. The largest absolute Gasteiger partial charge is 0.339 e. The molecule has 8 heteroatoms. The fourth-order valence-corrected chi connectivity index (χ4v) is 5.89. The van der Waals surface area contributed by atoms with Crippen molar-refractivity contribution in [2.45, 2.75) is 23.7 Å². The lowest BCUT2D eigenvalue weighted by Gasteiger charge is -2.31. The molecule has 2 aromatic carbocycles. The number of piperidine rings is 1. The predicted molar refractivity (Wildman–Crippen MR) is 118 cm³/mol. The third-order valence-electron chi connectivity index (χ3n) is 5.36. The predicted octanol–water partition coefficient (Wildman–Crippen LogP) is 5.01. The first-order valence-corrected chi connectivity index (χ1v) is 11.7. The van der Waals surface area contributed by atoms with Crippen LogP contribution in [0.15, 0.2) is 41.3 Å². The molecule has 2 aliphatic heterocycles. The van der Waals surface area contributed by atoms with Gasteiger partial charge in [-0.2, -0.15) is 0 Å². The summed E-state index contributed by atoms with van der Waals surface area (Å²) < 4.78 is 1.15. The highest BCUT2D eigenvalue weighted by Crippen LogP contribution is 2.36. The van der Waals surface area contributed by atoms with Crippen molar-refractivity contribution in [3.8, 4) is 0 Å². The minimum Gasteiger partial charge on any atom is -0.339 e. The molecule has 2 aliphatic rings. The standard InChI is InChI=1S/C21H18ClN3O2S2/c22-14-2-4-18-16(10-14)24-20(29-18)12-5-7-25(8-6-12)21(27)13-1-3-17-15(9-13)23-19(26)11-28-17/h1-4,9-10,12H,5-8,11H2,(H,23,26). The summed E-state index contributed by atoms with van der Waals surface area (Å²) in [7, 11) is 0. The van der Waals surface area contributed by atoms with Gasteiger partial charge in [0.1, 0.15) is 0 Å². The Balaban J connectivity index is 1.28. The second kappa shape index (κ2) is 7.63. The maximum atomic E-state index is 13.0. The Morgan fingerprint density at radius 1 is 1.17 bits per heavy atom. The van der Waals surface area contributed by atoms with Crippen LogP contribution in [0.5, 0.6) is 0 Å². The molecule has 5 rings (SSSR count). The molecule has 2 amide bonds. The van der Waals surface area contributed by atoms with E-state index < -0.39 is 0 Å². The molecule has 0 unspecified atom stereocenters. The molecule has 0 bridgehead atoms. The zero-order valence-corrected chi connectivity index (χ0v) is 17.9. The summed E-state index contributed by atoms with van der Waals surface area (Å²) in [5.74, 6) is 0.790. The maximum Gasteiger partial charge on any atom is 0.253 e. The van der Waals surface area contributed by atoms with E-state index in [4.69, 9.17) is 16.6 Å². The number of amides is 2. The third kappa shape index (κ3) is 3.74. The van der Waals surface area contributed by atoms with E-state index in [1.807, 2.05) is 35.2 Å². The van der Waals surface area contributed by atoms with Gasteiger partial charge in [0.2, 0.25) is 5.91 Å². The smallest absolute Gasteiger partial charge is 0.253 e. The van der Waals surface area contributed by atoms with Crippen molar-refractivity contribution in [2.75, 3.05) is 24.2 Å². The van der Waals surface area contributed by atoms with E-state index >= 15 is 0 Å². The van der Waals surface area contributed by atoms with Crippen LogP contribution < -0.4 is 5.32 Å². The highest BCUT2D eigenvalue weighted by molar-refractivity contribution is 8.00. The van der Waals surface area contributed by atoms with Crippen molar-refractivity contribution in [3.63, 3.8) is 0 Å². The van der Waals surface area contributed by atoms with Gasteiger partial charge < -0.3 is 10.2 Å². The van der Waals surface area contributed by atoms with Gasteiger partial charge in [0.05, 0.1) is 26.7 Å². The van der Waals surface area contributed by atoms with Gasteiger partial charge in [-0.05, 0) is 49.2 Å². The normalized spacial score (nSPS) is 17.3. The molecule has 1 aromatic heterocycles. The highest BCUT2D eigenvalue weighted by atomic mass is 35.5. The van der Waals surface area contributed by atoms with E-state index in [-0.39, 0.29) is 11.8 Å². The van der Waals surface area contributed by atoms with Crippen LogP contribution in [0.3, 0.4) is 0 Å². The molecule has 0 atom stereocenters. The number of benzene rings is 2. The van der Waals surface area contributed by atoms with Crippen LogP contribution in [-0.4, -0.2) is 40.5 Å². The molecule has 0 radical (unpaired) electrons. The highest BCUT2D eigenvalue weighted by Gasteiger charge is 2.27. The van der Waals surface area contributed by atoms with Gasteiger partial charge in [-0.3, -0.25) is 9.59 Å². The fraction of sp³-hybridized carbons (Fsp3) is 0.286. The van der Waals surface area contributed by atoms with Crippen LogP contribution in [-0.2, 0) is 4.79 Å². The quantitative estimate of drug-likeness (QED) is 0.604. The van der Waals surface area contributed by atoms with Crippen molar-refractivity contribution in [2.24, 2.45) is 0 Å². The summed E-state index contributed by atoms with van der Waals surface area (Å²) in [5, 5.41) is 4.69. The number of likely N-dealkylation sites (tertiary alicyclic amines) is 1. The molecule has 3 aromatic rings. The molecule has 1 fully saturated rings.